The minimum absolute atomic E-state index is 0.0561. The van der Waals surface area contributed by atoms with Crippen molar-refractivity contribution in [3.8, 4) is 5.75 Å². The molecule has 1 amide bonds. The van der Waals surface area contributed by atoms with Crippen molar-refractivity contribution in [2.75, 3.05) is 18.6 Å². The van der Waals surface area contributed by atoms with E-state index in [1.165, 1.54) is 0 Å². The molecule has 3 nitrogen and oxygen atoms in total. The first-order valence-electron chi connectivity index (χ1n) is 4.92. The number of rotatable bonds is 2. The Morgan fingerprint density at radius 3 is 2.88 bits per heavy atom. The van der Waals surface area contributed by atoms with Gasteiger partial charge < -0.3 is 9.64 Å². The SMILES string of the molecule is COc1ccc(Cl)cc1N1CCC(Br)C1=O. The second kappa shape index (κ2) is 4.63. The fourth-order valence-electron chi connectivity index (χ4n) is 1.76. The van der Waals surface area contributed by atoms with Crippen LogP contribution in [-0.4, -0.2) is 24.4 Å². The zero-order valence-electron chi connectivity index (χ0n) is 8.74. The molecule has 1 saturated heterocycles. The Labute approximate surface area is 107 Å². The maximum absolute atomic E-state index is 11.9. The van der Waals surface area contributed by atoms with E-state index < -0.39 is 0 Å². The first kappa shape index (κ1) is 11.7. The monoisotopic (exact) mass is 303 g/mol. The van der Waals surface area contributed by atoms with Gasteiger partial charge in [0.1, 0.15) is 5.75 Å². The summed E-state index contributed by atoms with van der Waals surface area (Å²) in [6, 6.07) is 5.27. The number of methoxy groups -OCH3 is 1. The third-order valence-electron chi connectivity index (χ3n) is 2.57. The number of alkyl halides is 1. The van der Waals surface area contributed by atoms with E-state index in [4.69, 9.17) is 16.3 Å². The molecule has 0 aliphatic carbocycles. The highest BCUT2D eigenvalue weighted by molar-refractivity contribution is 9.10. The molecule has 0 N–H and O–H groups in total. The van der Waals surface area contributed by atoms with Crippen LogP contribution in [0.4, 0.5) is 5.69 Å². The molecule has 0 aromatic heterocycles. The van der Waals surface area contributed by atoms with Gasteiger partial charge in [0.25, 0.3) is 0 Å². The number of carbonyl (C=O) groups is 1. The number of nitrogens with zero attached hydrogens (tertiary/aromatic N) is 1. The lowest BCUT2D eigenvalue weighted by molar-refractivity contribution is -0.116. The van der Waals surface area contributed by atoms with Crippen LogP contribution in [0.1, 0.15) is 6.42 Å². The molecular formula is C11H11BrClNO2. The van der Waals surface area contributed by atoms with Crippen LogP contribution in [-0.2, 0) is 4.79 Å². The largest absolute Gasteiger partial charge is 0.495 e. The minimum Gasteiger partial charge on any atom is -0.495 e. The van der Waals surface area contributed by atoms with Gasteiger partial charge in [-0.25, -0.2) is 0 Å². The Bertz CT molecular complexity index is 424. The minimum atomic E-state index is -0.101. The van der Waals surface area contributed by atoms with Crippen LogP contribution in [0.3, 0.4) is 0 Å². The lowest BCUT2D eigenvalue weighted by Gasteiger charge is -2.19. The Morgan fingerprint density at radius 2 is 2.31 bits per heavy atom. The molecule has 1 unspecified atom stereocenters. The Morgan fingerprint density at radius 1 is 1.56 bits per heavy atom. The van der Waals surface area contributed by atoms with Crippen LogP contribution < -0.4 is 9.64 Å². The van der Waals surface area contributed by atoms with E-state index in [0.717, 1.165) is 12.1 Å². The second-order valence-electron chi connectivity index (χ2n) is 3.56. The Balaban J connectivity index is 2.39. The molecule has 1 aromatic rings. The number of ether oxygens (including phenoxy) is 1. The fraction of sp³-hybridized carbons (Fsp3) is 0.364. The van der Waals surface area contributed by atoms with Crippen LogP contribution in [0.2, 0.25) is 5.02 Å². The third-order valence-corrected chi connectivity index (χ3v) is 3.66. The van der Waals surface area contributed by atoms with Crippen LogP contribution >= 0.6 is 27.5 Å². The van der Waals surface area contributed by atoms with Crippen molar-refractivity contribution in [2.24, 2.45) is 0 Å². The van der Waals surface area contributed by atoms with Gasteiger partial charge in [-0.15, -0.1) is 0 Å². The van der Waals surface area contributed by atoms with Gasteiger partial charge in [-0.05, 0) is 24.6 Å². The van der Waals surface area contributed by atoms with E-state index >= 15 is 0 Å². The van der Waals surface area contributed by atoms with Gasteiger partial charge in [0.15, 0.2) is 0 Å². The van der Waals surface area contributed by atoms with Crippen molar-refractivity contribution in [3.63, 3.8) is 0 Å². The van der Waals surface area contributed by atoms with Gasteiger partial charge in [-0.3, -0.25) is 4.79 Å². The third kappa shape index (κ3) is 2.04. The van der Waals surface area contributed by atoms with Gasteiger partial charge in [-0.1, -0.05) is 27.5 Å². The molecule has 1 aromatic carbocycles. The standard InChI is InChI=1S/C11H11BrClNO2/c1-16-10-3-2-7(13)6-9(10)14-5-4-8(12)11(14)15/h2-3,6,8H,4-5H2,1H3. The highest BCUT2D eigenvalue weighted by Gasteiger charge is 2.32. The Hall–Kier alpha value is -0.740. The smallest absolute Gasteiger partial charge is 0.240 e. The quantitative estimate of drug-likeness (QED) is 0.786. The van der Waals surface area contributed by atoms with Gasteiger partial charge in [0.05, 0.1) is 17.6 Å². The molecule has 0 spiro atoms. The van der Waals surface area contributed by atoms with E-state index in [0.29, 0.717) is 17.3 Å². The van der Waals surface area contributed by atoms with Gasteiger partial charge >= 0.3 is 0 Å². The lowest BCUT2D eigenvalue weighted by atomic mass is 10.2. The molecule has 1 fully saturated rings. The lowest BCUT2D eigenvalue weighted by Crippen LogP contribution is -2.27. The van der Waals surface area contributed by atoms with E-state index in [-0.39, 0.29) is 10.7 Å². The second-order valence-corrected chi connectivity index (χ2v) is 5.10. The van der Waals surface area contributed by atoms with Crippen molar-refractivity contribution in [1.29, 1.82) is 0 Å². The predicted octanol–water partition coefficient (Wildman–Crippen LogP) is 2.85. The van der Waals surface area contributed by atoms with Crippen LogP contribution in [0.5, 0.6) is 5.75 Å². The molecule has 0 bridgehead atoms. The number of hydrogen-bond donors (Lipinski definition) is 0. The Kier molecular flexibility index (Phi) is 3.40. The summed E-state index contributed by atoms with van der Waals surface area (Å²) in [5.74, 6) is 0.722. The van der Waals surface area contributed by atoms with Crippen molar-refractivity contribution < 1.29 is 9.53 Å². The fourth-order valence-corrected chi connectivity index (χ4v) is 2.38. The number of benzene rings is 1. The maximum atomic E-state index is 11.9. The number of hydrogen-bond acceptors (Lipinski definition) is 2. The number of anilines is 1. The van der Waals surface area contributed by atoms with Crippen molar-refractivity contribution >= 4 is 39.1 Å². The van der Waals surface area contributed by atoms with Crippen LogP contribution in [0.25, 0.3) is 0 Å². The summed E-state index contributed by atoms with van der Waals surface area (Å²) in [6.07, 6.45) is 0.800. The number of amides is 1. The molecule has 1 aliphatic heterocycles. The average molecular weight is 305 g/mol. The summed E-state index contributed by atoms with van der Waals surface area (Å²) in [5, 5.41) is 0.599. The molecule has 1 aliphatic rings. The molecular weight excluding hydrogens is 293 g/mol. The molecule has 5 heteroatoms. The zero-order chi connectivity index (χ0) is 11.7. The molecule has 2 rings (SSSR count). The highest BCUT2D eigenvalue weighted by Crippen LogP contribution is 2.35. The molecule has 0 saturated carbocycles. The summed E-state index contributed by atoms with van der Waals surface area (Å²) in [7, 11) is 1.58. The van der Waals surface area contributed by atoms with Crippen molar-refractivity contribution in [3.05, 3.63) is 23.2 Å². The summed E-state index contributed by atoms with van der Waals surface area (Å²) in [4.78, 5) is 13.5. The molecule has 0 radical (unpaired) electrons. The molecule has 1 heterocycles. The number of carbonyl (C=O) groups excluding carboxylic acids is 1. The van der Waals surface area contributed by atoms with E-state index in [9.17, 15) is 4.79 Å². The first-order chi connectivity index (χ1) is 7.63. The van der Waals surface area contributed by atoms with Crippen LogP contribution in [0, 0.1) is 0 Å². The first-order valence-corrected chi connectivity index (χ1v) is 6.22. The van der Waals surface area contributed by atoms with Gasteiger partial charge in [0, 0.05) is 11.6 Å². The number of halogens is 2. The summed E-state index contributed by atoms with van der Waals surface area (Å²) in [5.41, 5.74) is 0.738. The normalized spacial score (nSPS) is 20.3. The maximum Gasteiger partial charge on any atom is 0.240 e. The molecule has 16 heavy (non-hydrogen) atoms. The zero-order valence-corrected chi connectivity index (χ0v) is 11.1. The summed E-state index contributed by atoms with van der Waals surface area (Å²) in [6.45, 7) is 0.686. The van der Waals surface area contributed by atoms with Crippen LogP contribution in [0.15, 0.2) is 18.2 Å². The van der Waals surface area contributed by atoms with E-state index in [1.54, 1.807) is 30.2 Å². The molecule has 1 atom stereocenters. The highest BCUT2D eigenvalue weighted by atomic mass is 79.9. The van der Waals surface area contributed by atoms with Crippen molar-refractivity contribution in [1.82, 2.24) is 0 Å². The summed E-state index contributed by atoms with van der Waals surface area (Å²) >= 11 is 9.27. The van der Waals surface area contributed by atoms with E-state index in [1.807, 2.05) is 0 Å². The van der Waals surface area contributed by atoms with Gasteiger partial charge in [0.2, 0.25) is 5.91 Å². The molecule has 86 valence electrons. The van der Waals surface area contributed by atoms with Gasteiger partial charge in [-0.2, -0.15) is 0 Å². The predicted molar refractivity (Wildman–Crippen MR) is 67.7 cm³/mol. The average Bonchev–Trinajstić information content (AvgIpc) is 2.60. The topological polar surface area (TPSA) is 29.5 Å². The van der Waals surface area contributed by atoms with E-state index in [2.05, 4.69) is 15.9 Å². The summed E-state index contributed by atoms with van der Waals surface area (Å²) < 4.78 is 5.23. The van der Waals surface area contributed by atoms with Crippen molar-refractivity contribution in [2.45, 2.75) is 11.2 Å².